The maximum Gasteiger partial charge on any atom is 0.118 e. The first-order valence-corrected chi connectivity index (χ1v) is 8.27. The van der Waals surface area contributed by atoms with Gasteiger partial charge in [0.1, 0.15) is 11.5 Å². The number of methoxy groups -OCH3 is 2. The second-order valence-corrected chi connectivity index (χ2v) is 6.81. The summed E-state index contributed by atoms with van der Waals surface area (Å²) in [4.78, 5) is 0. The second kappa shape index (κ2) is 6.22. The number of hydrogen-bond donors (Lipinski definition) is 0. The minimum Gasteiger partial charge on any atom is -0.497 e. The smallest absolute Gasteiger partial charge is 0.118 e. The highest BCUT2D eigenvalue weighted by Crippen LogP contribution is 2.57. The molecule has 0 heterocycles. The van der Waals surface area contributed by atoms with Crippen molar-refractivity contribution in [3.8, 4) is 11.5 Å². The fourth-order valence-corrected chi connectivity index (χ4v) is 3.00. The Balaban J connectivity index is 2.12. The zero-order valence-electron chi connectivity index (χ0n) is 15.0. The van der Waals surface area contributed by atoms with Gasteiger partial charge in [-0.3, -0.25) is 0 Å². The zero-order chi connectivity index (χ0) is 17.3. The summed E-state index contributed by atoms with van der Waals surface area (Å²) >= 11 is 0. The van der Waals surface area contributed by atoms with Crippen molar-refractivity contribution in [2.45, 2.75) is 20.8 Å². The SMILES string of the molecule is COc1ccc(C(=C=C2C(C)C2(C)C)c2ccc(OC)cc2)cc1. The van der Waals surface area contributed by atoms with Crippen LogP contribution in [0.15, 0.2) is 59.8 Å². The Kier molecular flexibility index (Phi) is 4.26. The van der Waals surface area contributed by atoms with Gasteiger partial charge in [0.05, 0.1) is 14.2 Å². The predicted molar refractivity (Wildman–Crippen MR) is 98.5 cm³/mol. The Morgan fingerprint density at radius 3 is 1.50 bits per heavy atom. The van der Waals surface area contributed by atoms with Gasteiger partial charge in [-0.15, -0.1) is 5.73 Å². The molecule has 2 aromatic rings. The quantitative estimate of drug-likeness (QED) is 0.708. The third kappa shape index (κ3) is 2.98. The molecule has 3 rings (SSSR count). The Morgan fingerprint density at radius 1 is 0.833 bits per heavy atom. The van der Waals surface area contributed by atoms with Crippen molar-refractivity contribution in [3.63, 3.8) is 0 Å². The minimum atomic E-state index is 0.240. The Morgan fingerprint density at radius 2 is 1.21 bits per heavy atom. The summed E-state index contributed by atoms with van der Waals surface area (Å²) in [6.07, 6.45) is 0. The lowest BCUT2D eigenvalue weighted by Gasteiger charge is -2.08. The first-order chi connectivity index (χ1) is 11.5. The van der Waals surface area contributed by atoms with Crippen molar-refractivity contribution < 1.29 is 9.47 Å². The number of ether oxygens (including phenoxy) is 2. The van der Waals surface area contributed by atoms with E-state index >= 15 is 0 Å². The third-order valence-electron chi connectivity index (χ3n) is 5.14. The van der Waals surface area contributed by atoms with E-state index in [1.807, 2.05) is 24.3 Å². The molecular formula is C22H24O2. The van der Waals surface area contributed by atoms with Crippen LogP contribution < -0.4 is 9.47 Å². The van der Waals surface area contributed by atoms with E-state index in [4.69, 9.17) is 9.47 Å². The third-order valence-corrected chi connectivity index (χ3v) is 5.14. The van der Waals surface area contributed by atoms with E-state index in [0.717, 1.165) is 28.2 Å². The second-order valence-electron chi connectivity index (χ2n) is 6.81. The monoisotopic (exact) mass is 320 g/mol. The Hall–Kier alpha value is -2.44. The van der Waals surface area contributed by atoms with E-state index in [2.05, 4.69) is 50.8 Å². The molecule has 24 heavy (non-hydrogen) atoms. The summed E-state index contributed by atoms with van der Waals surface area (Å²) in [7, 11) is 3.37. The molecule has 1 aliphatic rings. The highest BCUT2D eigenvalue weighted by Gasteiger charge is 2.49. The van der Waals surface area contributed by atoms with Gasteiger partial charge >= 0.3 is 0 Å². The number of hydrogen-bond acceptors (Lipinski definition) is 2. The molecule has 2 heteroatoms. The topological polar surface area (TPSA) is 18.5 Å². The molecule has 0 amide bonds. The van der Waals surface area contributed by atoms with Crippen molar-refractivity contribution in [2.24, 2.45) is 11.3 Å². The molecule has 1 saturated carbocycles. The van der Waals surface area contributed by atoms with Crippen LogP contribution in [0.5, 0.6) is 11.5 Å². The lowest BCUT2D eigenvalue weighted by Crippen LogP contribution is -1.90. The van der Waals surface area contributed by atoms with Crippen molar-refractivity contribution in [2.75, 3.05) is 14.2 Å². The molecule has 0 radical (unpaired) electrons. The van der Waals surface area contributed by atoms with Crippen LogP contribution in [0.2, 0.25) is 0 Å². The molecule has 0 aromatic heterocycles. The lowest BCUT2D eigenvalue weighted by molar-refractivity contribution is 0.414. The van der Waals surface area contributed by atoms with Gasteiger partial charge in [0, 0.05) is 11.0 Å². The fourth-order valence-electron chi connectivity index (χ4n) is 3.00. The van der Waals surface area contributed by atoms with Gasteiger partial charge in [0.2, 0.25) is 0 Å². The first-order valence-electron chi connectivity index (χ1n) is 8.27. The molecule has 2 nitrogen and oxygen atoms in total. The summed E-state index contributed by atoms with van der Waals surface area (Å²) in [5.74, 6) is 2.30. The highest BCUT2D eigenvalue weighted by atomic mass is 16.5. The van der Waals surface area contributed by atoms with Gasteiger partial charge in [-0.2, -0.15) is 0 Å². The van der Waals surface area contributed by atoms with Gasteiger partial charge in [-0.05, 0) is 46.9 Å². The minimum absolute atomic E-state index is 0.240. The molecule has 0 saturated heterocycles. The first kappa shape index (κ1) is 16.4. The Bertz CT molecular complexity index is 739. The molecule has 1 aliphatic carbocycles. The molecule has 2 aromatic carbocycles. The summed E-state index contributed by atoms with van der Waals surface area (Å²) in [5, 5.41) is 0. The largest absolute Gasteiger partial charge is 0.497 e. The van der Waals surface area contributed by atoms with E-state index in [1.165, 1.54) is 5.57 Å². The van der Waals surface area contributed by atoms with E-state index in [9.17, 15) is 0 Å². The molecule has 0 spiro atoms. The summed E-state index contributed by atoms with van der Waals surface area (Å²) in [5.41, 5.74) is 8.71. The van der Waals surface area contributed by atoms with E-state index in [0.29, 0.717) is 5.92 Å². The van der Waals surface area contributed by atoms with Crippen molar-refractivity contribution in [1.29, 1.82) is 0 Å². The van der Waals surface area contributed by atoms with Gasteiger partial charge < -0.3 is 9.47 Å². The standard InChI is InChI=1S/C22H24O2/c1-15-21(22(15,2)3)14-20(16-6-10-18(23-4)11-7-16)17-8-12-19(24-5)13-9-17/h6-13,15H,1-5H3. The van der Waals surface area contributed by atoms with Gasteiger partial charge in [0.25, 0.3) is 0 Å². The number of benzene rings is 2. The van der Waals surface area contributed by atoms with Crippen LogP contribution >= 0.6 is 0 Å². The van der Waals surface area contributed by atoms with Gasteiger partial charge in [-0.1, -0.05) is 45.0 Å². The lowest BCUT2D eigenvalue weighted by atomic mass is 9.98. The van der Waals surface area contributed by atoms with Crippen LogP contribution in [0.1, 0.15) is 31.9 Å². The van der Waals surface area contributed by atoms with E-state index in [1.54, 1.807) is 14.2 Å². The number of allylic oxidation sites excluding steroid dienone is 1. The summed E-state index contributed by atoms with van der Waals surface area (Å²) in [6, 6.07) is 16.3. The normalized spacial score (nSPS) is 17.9. The van der Waals surface area contributed by atoms with Crippen LogP contribution in [0, 0.1) is 11.3 Å². The highest BCUT2D eigenvalue weighted by molar-refractivity contribution is 5.80. The van der Waals surface area contributed by atoms with E-state index < -0.39 is 0 Å². The van der Waals surface area contributed by atoms with Crippen molar-refractivity contribution in [1.82, 2.24) is 0 Å². The maximum absolute atomic E-state index is 5.28. The molecular weight excluding hydrogens is 296 g/mol. The molecule has 124 valence electrons. The van der Waals surface area contributed by atoms with Crippen molar-refractivity contribution >= 4 is 5.57 Å². The van der Waals surface area contributed by atoms with Crippen molar-refractivity contribution in [3.05, 3.63) is 71.0 Å². The van der Waals surface area contributed by atoms with Gasteiger partial charge in [0.15, 0.2) is 0 Å². The summed E-state index contributed by atoms with van der Waals surface area (Å²) < 4.78 is 10.6. The molecule has 1 atom stereocenters. The van der Waals surface area contributed by atoms with Crippen LogP contribution in [0.4, 0.5) is 0 Å². The van der Waals surface area contributed by atoms with Crippen LogP contribution in [0.3, 0.4) is 0 Å². The average molecular weight is 320 g/mol. The van der Waals surface area contributed by atoms with Crippen LogP contribution in [-0.2, 0) is 0 Å². The average Bonchev–Trinajstić information content (AvgIpc) is 3.09. The van der Waals surface area contributed by atoms with E-state index in [-0.39, 0.29) is 5.41 Å². The fraction of sp³-hybridized carbons (Fsp3) is 0.318. The molecule has 0 aliphatic heterocycles. The van der Waals surface area contributed by atoms with Gasteiger partial charge in [-0.25, -0.2) is 0 Å². The van der Waals surface area contributed by atoms with Crippen LogP contribution in [0.25, 0.3) is 5.57 Å². The predicted octanol–water partition coefficient (Wildman–Crippen LogP) is 5.34. The molecule has 1 unspecified atom stereocenters. The molecule has 0 bridgehead atoms. The van der Waals surface area contributed by atoms with Crippen LogP contribution in [-0.4, -0.2) is 14.2 Å². The maximum atomic E-state index is 5.28. The zero-order valence-corrected chi connectivity index (χ0v) is 15.0. The summed E-state index contributed by atoms with van der Waals surface area (Å²) in [6.45, 7) is 6.82. The number of rotatable bonds is 4. The molecule has 1 fully saturated rings. The Labute approximate surface area is 144 Å². The molecule has 0 N–H and O–H groups in total.